The summed E-state index contributed by atoms with van der Waals surface area (Å²) >= 11 is 0. The van der Waals surface area contributed by atoms with E-state index in [2.05, 4.69) is 41.1 Å². The van der Waals surface area contributed by atoms with Gasteiger partial charge in [-0.25, -0.2) is 0 Å². The van der Waals surface area contributed by atoms with Crippen molar-refractivity contribution in [2.45, 2.75) is 26.8 Å². The maximum Gasteiger partial charge on any atom is 0.239 e. The normalized spacial score (nSPS) is 10.4. The number of aromatic nitrogens is 1. The van der Waals surface area contributed by atoms with Crippen LogP contribution in [0, 0.1) is 0 Å². The number of pyridine rings is 1. The molecule has 4 nitrogen and oxygen atoms in total. The summed E-state index contributed by atoms with van der Waals surface area (Å²) < 4.78 is 5.45. The number of ether oxygens (including phenoxy) is 1. The number of nitrogens with two attached hydrogens (primary N) is 1. The number of hydrogen-bond donors (Lipinski definition) is 1. The first kappa shape index (κ1) is 15.2. The van der Waals surface area contributed by atoms with E-state index in [-0.39, 0.29) is 0 Å². The standard InChI is InChI=1S/C17H23N3O/c1-4-13-6-8-14(9-7-13)12-20(3)16-11-10-15(18)17(19-16)21-5-2/h6-11H,4-5,12,18H2,1-3H3. The molecule has 0 amide bonds. The highest BCUT2D eigenvalue weighted by Gasteiger charge is 2.08. The lowest BCUT2D eigenvalue weighted by Gasteiger charge is -2.19. The summed E-state index contributed by atoms with van der Waals surface area (Å²) in [6, 6.07) is 12.4. The fraction of sp³-hybridized carbons (Fsp3) is 0.353. The largest absolute Gasteiger partial charge is 0.476 e. The minimum atomic E-state index is 0.503. The van der Waals surface area contributed by atoms with Crippen LogP contribution in [-0.2, 0) is 13.0 Å². The molecule has 0 spiro atoms. The van der Waals surface area contributed by atoms with Gasteiger partial charge in [0, 0.05) is 13.6 Å². The van der Waals surface area contributed by atoms with Crippen molar-refractivity contribution >= 4 is 11.5 Å². The zero-order valence-electron chi connectivity index (χ0n) is 13.0. The first-order valence-corrected chi connectivity index (χ1v) is 7.32. The monoisotopic (exact) mass is 285 g/mol. The molecule has 0 radical (unpaired) electrons. The molecule has 0 aliphatic carbocycles. The molecule has 2 rings (SSSR count). The van der Waals surface area contributed by atoms with Crippen LogP contribution in [0.15, 0.2) is 36.4 Å². The van der Waals surface area contributed by atoms with Gasteiger partial charge in [-0.2, -0.15) is 4.98 Å². The molecule has 0 aliphatic heterocycles. The van der Waals surface area contributed by atoms with Crippen LogP contribution >= 0.6 is 0 Å². The van der Waals surface area contributed by atoms with Crippen molar-refractivity contribution in [3.8, 4) is 5.88 Å². The zero-order valence-corrected chi connectivity index (χ0v) is 13.0. The number of nitrogens with zero attached hydrogens (tertiary/aromatic N) is 2. The third-order valence-electron chi connectivity index (χ3n) is 3.40. The Morgan fingerprint density at radius 1 is 1.05 bits per heavy atom. The predicted molar refractivity (Wildman–Crippen MR) is 87.7 cm³/mol. The molecule has 1 aromatic carbocycles. The van der Waals surface area contributed by atoms with Crippen molar-refractivity contribution < 1.29 is 4.74 Å². The Morgan fingerprint density at radius 3 is 2.33 bits per heavy atom. The van der Waals surface area contributed by atoms with Crippen molar-refractivity contribution in [2.75, 3.05) is 24.3 Å². The van der Waals surface area contributed by atoms with E-state index >= 15 is 0 Å². The number of anilines is 2. The molecule has 2 N–H and O–H groups in total. The van der Waals surface area contributed by atoms with Gasteiger partial charge in [0.25, 0.3) is 0 Å². The van der Waals surface area contributed by atoms with Gasteiger partial charge in [0.2, 0.25) is 5.88 Å². The number of nitrogen functional groups attached to an aromatic ring is 1. The van der Waals surface area contributed by atoms with Crippen LogP contribution < -0.4 is 15.4 Å². The van der Waals surface area contributed by atoms with Gasteiger partial charge in [-0.1, -0.05) is 31.2 Å². The quantitative estimate of drug-likeness (QED) is 0.885. The van der Waals surface area contributed by atoms with Gasteiger partial charge in [-0.3, -0.25) is 0 Å². The van der Waals surface area contributed by atoms with Crippen LogP contribution in [-0.4, -0.2) is 18.6 Å². The Bertz CT molecular complexity index is 581. The van der Waals surface area contributed by atoms with E-state index in [4.69, 9.17) is 10.5 Å². The predicted octanol–water partition coefficient (Wildman–Crippen LogP) is 3.26. The van der Waals surface area contributed by atoms with Crippen molar-refractivity contribution in [1.29, 1.82) is 0 Å². The first-order valence-electron chi connectivity index (χ1n) is 7.32. The van der Waals surface area contributed by atoms with Crippen molar-refractivity contribution in [3.05, 3.63) is 47.5 Å². The molecule has 2 aromatic rings. The third kappa shape index (κ3) is 3.88. The molecule has 0 saturated heterocycles. The third-order valence-corrected chi connectivity index (χ3v) is 3.40. The molecule has 0 fully saturated rings. The molecular weight excluding hydrogens is 262 g/mol. The SMILES string of the molecule is CCOc1nc(N(C)Cc2ccc(CC)cc2)ccc1N. The van der Waals surface area contributed by atoms with E-state index in [0.717, 1.165) is 18.8 Å². The lowest BCUT2D eigenvalue weighted by molar-refractivity contribution is 0.329. The van der Waals surface area contributed by atoms with Gasteiger partial charge in [-0.15, -0.1) is 0 Å². The van der Waals surface area contributed by atoms with Crippen LogP contribution in [0.5, 0.6) is 5.88 Å². The number of rotatable bonds is 6. The Morgan fingerprint density at radius 2 is 1.71 bits per heavy atom. The van der Waals surface area contributed by atoms with Crippen molar-refractivity contribution in [3.63, 3.8) is 0 Å². The van der Waals surface area contributed by atoms with Crippen molar-refractivity contribution in [1.82, 2.24) is 4.98 Å². The van der Waals surface area contributed by atoms with Crippen LogP contribution in [0.1, 0.15) is 25.0 Å². The summed E-state index contributed by atoms with van der Waals surface area (Å²) in [6.45, 7) is 5.44. The molecule has 0 atom stereocenters. The summed E-state index contributed by atoms with van der Waals surface area (Å²) in [6.07, 6.45) is 1.06. The summed E-state index contributed by atoms with van der Waals surface area (Å²) in [4.78, 5) is 6.56. The fourth-order valence-electron chi connectivity index (χ4n) is 2.14. The number of aryl methyl sites for hydroxylation is 1. The average molecular weight is 285 g/mol. The lowest BCUT2D eigenvalue weighted by atomic mass is 10.1. The molecule has 112 valence electrons. The molecule has 0 unspecified atom stereocenters. The second-order valence-electron chi connectivity index (χ2n) is 5.02. The van der Waals surface area contributed by atoms with Gasteiger partial charge in [0.1, 0.15) is 5.82 Å². The van der Waals surface area contributed by atoms with Crippen LogP contribution in [0.2, 0.25) is 0 Å². The molecule has 0 saturated carbocycles. The highest BCUT2D eigenvalue weighted by molar-refractivity contribution is 5.54. The second-order valence-corrected chi connectivity index (χ2v) is 5.02. The van der Waals surface area contributed by atoms with Gasteiger partial charge in [0.05, 0.1) is 12.3 Å². The van der Waals surface area contributed by atoms with Gasteiger partial charge < -0.3 is 15.4 Å². The maximum atomic E-state index is 5.85. The smallest absolute Gasteiger partial charge is 0.239 e. The highest BCUT2D eigenvalue weighted by Crippen LogP contribution is 2.23. The number of benzene rings is 1. The van der Waals surface area contributed by atoms with E-state index < -0.39 is 0 Å². The summed E-state index contributed by atoms with van der Waals surface area (Å²) in [5.41, 5.74) is 9.03. The van der Waals surface area contributed by atoms with Crippen molar-refractivity contribution in [2.24, 2.45) is 0 Å². The molecule has 21 heavy (non-hydrogen) atoms. The molecule has 0 aliphatic rings. The molecule has 4 heteroatoms. The van der Waals surface area contributed by atoms with Crippen LogP contribution in [0.3, 0.4) is 0 Å². The molecule has 1 aromatic heterocycles. The Kier molecular flexibility index (Phi) is 5.04. The number of hydrogen-bond acceptors (Lipinski definition) is 4. The zero-order chi connectivity index (χ0) is 15.2. The van der Waals surface area contributed by atoms with E-state index in [1.807, 2.05) is 26.1 Å². The second kappa shape index (κ2) is 6.97. The molecule has 1 heterocycles. The van der Waals surface area contributed by atoms with Crippen LogP contribution in [0.25, 0.3) is 0 Å². The topological polar surface area (TPSA) is 51.4 Å². The Hall–Kier alpha value is -2.23. The summed E-state index contributed by atoms with van der Waals surface area (Å²) in [5.74, 6) is 1.36. The Balaban J connectivity index is 2.11. The maximum absolute atomic E-state index is 5.85. The summed E-state index contributed by atoms with van der Waals surface area (Å²) in [5, 5.41) is 0. The average Bonchev–Trinajstić information content (AvgIpc) is 2.50. The minimum Gasteiger partial charge on any atom is -0.476 e. The van der Waals surface area contributed by atoms with E-state index in [9.17, 15) is 0 Å². The van der Waals surface area contributed by atoms with Gasteiger partial charge >= 0.3 is 0 Å². The first-order chi connectivity index (χ1) is 10.1. The minimum absolute atomic E-state index is 0.503. The van der Waals surface area contributed by atoms with Crippen LogP contribution in [0.4, 0.5) is 11.5 Å². The van der Waals surface area contributed by atoms with E-state index in [1.165, 1.54) is 11.1 Å². The van der Waals surface area contributed by atoms with Gasteiger partial charge in [-0.05, 0) is 36.6 Å². The Labute approximate surface area is 126 Å². The highest BCUT2D eigenvalue weighted by atomic mass is 16.5. The molecular formula is C17H23N3O. The van der Waals surface area contributed by atoms with E-state index in [1.54, 1.807) is 0 Å². The van der Waals surface area contributed by atoms with Gasteiger partial charge in [0.15, 0.2) is 0 Å². The fourth-order valence-corrected chi connectivity index (χ4v) is 2.14. The van der Waals surface area contributed by atoms with E-state index in [0.29, 0.717) is 18.2 Å². The molecule has 0 bridgehead atoms. The summed E-state index contributed by atoms with van der Waals surface area (Å²) in [7, 11) is 2.02. The lowest BCUT2D eigenvalue weighted by Crippen LogP contribution is -2.18.